The predicted octanol–water partition coefficient (Wildman–Crippen LogP) is 5.98. The first-order valence-electron chi connectivity index (χ1n) is 9.91. The number of aliphatic carboxylic acids is 1. The Morgan fingerprint density at radius 1 is 0.833 bits per heavy atom. The molecule has 24 heavy (non-hydrogen) atoms. The van der Waals surface area contributed by atoms with Gasteiger partial charge in [0.15, 0.2) is 0 Å². The minimum Gasteiger partial charge on any atom is -0.481 e. The van der Waals surface area contributed by atoms with E-state index in [9.17, 15) is 9.59 Å². The summed E-state index contributed by atoms with van der Waals surface area (Å²) in [4.78, 5) is 21.4. The highest BCUT2D eigenvalue weighted by molar-refractivity contribution is 5.69. The van der Waals surface area contributed by atoms with Gasteiger partial charge >= 0.3 is 11.9 Å². The molecule has 0 rings (SSSR count). The van der Waals surface area contributed by atoms with Gasteiger partial charge in [-0.05, 0) is 25.7 Å². The minimum absolute atomic E-state index is 0.0472. The molecule has 0 fully saturated rings. The van der Waals surface area contributed by atoms with Crippen molar-refractivity contribution in [2.24, 2.45) is 5.92 Å². The second-order valence-electron chi connectivity index (χ2n) is 6.32. The van der Waals surface area contributed by atoms with Crippen LogP contribution in [0.2, 0.25) is 0 Å². The second kappa shape index (κ2) is 20.0. The van der Waals surface area contributed by atoms with Gasteiger partial charge in [0.1, 0.15) is 0 Å². The number of unbranched alkanes of at least 4 members (excludes halogenated alkanes) is 6. The molecule has 0 heterocycles. The number of rotatable bonds is 14. The molecule has 0 aliphatic heterocycles. The minimum atomic E-state index is -0.631. The smallest absolute Gasteiger partial charge is 0.306 e. The van der Waals surface area contributed by atoms with Crippen LogP contribution in [0.3, 0.4) is 0 Å². The van der Waals surface area contributed by atoms with Gasteiger partial charge in [-0.15, -0.1) is 0 Å². The number of ether oxygens (including phenoxy) is 1. The fraction of sp³-hybridized carbons (Fsp3) is 0.900. The average molecular weight is 345 g/mol. The molecular formula is C20H40O4. The molecule has 0 spiro atoms. The normalized spacial score (nSPS) is 11.3. The third-order valence-electron chi connectivity index (χ3n) is 3.96. The van der Waals surface area contributed by atoms with Crippen LogP contribution in [0.1, 0.15) is 105 Å². The SMILES string of the molecule is CCCCCCC(CC)C(=O)O.CCCCCCOC(=O)CCC. The highest BCUT2D eigenvalue weighted by atomic mass is 16.5. The number of carbonyl (C=O) groups excluding carboxylic acids is 1. The fourth-order valence-electron chi connectivity index (χ4n) is 2.31. The van der Waals surface area contributed by atoms with Crippen molar-refractivity contribution >= 4 is 11.9 Å². The Morgan fingerprint density at radius 3 is 1.88 bits per heavy atom. The van der Waals surface area contributed by atoms with Crippen LogP contribution in [0.15, 0.2) is 0 Å². The first-order chi connectivity index (χ1) is 11.5. The van der Waals surface area contributed by atoms with Gasteiger partial charge in [-0.3, -0.25) is 9.59 Å². The van der Waals surface area contributed by atoms with E-state index in [4.69, 9.17) is 9.84 Å². The van der Waals surface area contributed by atoms with Gasteiger partial charge in [0.05, 0.1) is 12.5 Å². The van der Waals surface area contributed by atoms with Gasteiger partial charge in [-0.1, -0.05) is 72.6 Å². The summed E-state index contributed by atoms with van der Waals surface area (Å²) >= 11 is 0. The van der Waals surface area contributed by atoms with E-state index in [0.717, 1.165) is 32.1 Å². The van der Waals surface area contributed by atoms with Crippen LogP contribution in [0.5, 0.6) is 0 Å². The van der Waals surface area contributed by atoms with Gasteiger partial charge in [-0.25, -0.2) is 0 Å². The van der Waals surface area contributed by atoms with E-state index in [1.807, 2.05) is 13.8 Å². The summed E-state index contributed by atoms with van der Waals surface area (Å²) in [5.41, 5.74) is 0. The molecule has 1 N–H and O–H groups in total. The summed E-state index contributed by atoms with van der Waals surface area (Å²) in [6.07, 6.45) is 12.4. The Hall–Kier alpha value is -1.06. The van der Waals surface area contributed by atoms with Crippen LogP contribution in [0.25, 0.3) is 0 Å². The highest BCUT2D eigenvalue weighted by Gasteiger charge is 2.13. The van der Waals surface area contributed by atoms with E-state index in [1.54, 1.807) is 0 Å². The number of carboxylic acid groups (broad SMARTS) is 1. The Kier molecular flexibility index (Phi) is 21.0. The van der Waals surface area contributed by atoms with Crippen molar-refractivity contribution in [1.29, 1.82) is 0 Å². The number of carbonyl (C=O) groups is 2. The van der Waals surface area contributed by atoms with E-state index in [2.05, 4.69) is 13.8 Å². The lowest BCUT2D eigenvalue weighted by Gasteiger charge is -2.08. The molecule has 0 amide bonds. The Labute approximate surface area is 149 Å². The van der Waals surface area contributed by atoms with E-state index >= 15 is 0 Å². The largest absolute Gasteiger partial charge is 0.481 e. The van der Waals surface area contributed by atoms with Crippen LogP contribution in [-0.2, 0) is 14.3 Å². The summed E-state index contributed by atoms with van der Waals surface area (Å²) in [7, 11) is 0. The molecule has 0 aromatic rings. The average Bonchev–Trinajstić information content (AvgIpc) is 2.55. The lowest BCUT2D eigenvalue weighted by atomic mass is 9.99. The molecule has 0 aromatic heterocycles. The summed E-state index contributed by atoms with van der Waals surface area (Å²) < 4.78 is 4.99. The molecule has 0 aliphatic carbocycles. The maximum atomic E-state index is 10.9. The molecule has 0 aliphatic rings. The van der Waals surface area contributed by atoms with Gasteiger partial charge in [0, 0.05) is 6.42 Å². The van der Waals surface area contributed by atoms with Crippen molar-refractivity contribution in [3.63, 3.8) is 0 Å². The van der Waals surface area contributed by atoms with E-state index in [1.165, 1.54) is 38.5 Å². The van der Waals surface area contributed by atoms with Gasteiger partial charge in [0.25, 0.3) is 0 Å². The van der Waals surface area contributed by atoms with E-state index in [0.29, 0.717) is 13.0 Å². The zero-order chi connectivity index (χ0) is 18.6. The van der Waals surface area contributed by atoms with Crippen LogP contribution in [0, 0.1) is 5.92 Å². The molecule has 0 saturated heterocycles. The Bertz CT molecular complexity index is 287. The maximum Gasteiger partial charge on any atom is 0.306 e. The topological polar surface area (TPSA) is 63.6 Å². The molecule has 0 saturated carbocycles. The second-order valence-corrected chi connectivity index (χ2v) is 6.32. The zero-order valence-electron chi connectivity index (χ0n) is 16.4. The number of carboxylic acids is 1. The predicted molar refractivity (Wildman–Crippen MR) is 100 cm³/mol. The summed E-state index contributed by atoms with van der Waals surface area (Å²) in [5, 5.41) is 8.73. The third kappa shape index (κ3) is 19.0. The van der Waals surface area contributed by atoms with Gasteiger partial charge in [0.2, 0.25) is 0 Å². The first-order valence-corrected chi connectivity index (χ1v) is 9.91. The van der Waals surface area contributed by atoms with Crippen molar-refractivity contribution in [3.05, 3.63) is 0 Å². The first kappa shape index (κ1) is 25.2. The molecular weight excluding hydrogens is 304 g/mol. The number of hydrogen-bond donors (Lipinski definition) is 1. The quantitative estimate of drug-likeness (QED) is 0.311. The van der Waals surface area contributed by atoms with Gasteiger partial charge < -0.3 is 9.84 Å². The van der Waals surface area contributed by atoms with Crippen LogP contribution in [0.4, 0.5) is 0 Å². The molecule has 0 radical (unpaired) electrons. The monoisotopic (exact) mass is 344 g/mol. The van der Waals surface area contributed by atoms with Crippen molar-refractivity contribution < 1.29 is 19.4 Å². The van der Waals surface area contributed by atoms with Crippen molar-refractivity contribution in [3.8, 4) is 0 Å². The fourth-order valence-corrected chi connectivity index (χ4v) is 2.31. The lowest BCUT2D eigenvalue weighted by Crippen LogP contribution is -2.12. The molecule has 4 nitrogen and oxygen atoms in total. The molecule has 144 valence electrons. The molecule has 1 atom stereocenters. The summed E-state index contributed by atoms with van der Waals surface area (Å²) in [6, 6.07) is 0. The molecule has 1 unspecified atom stereocenters. The lowest BCUT2D eigenvalue weighted by molar-refractivity contribution is -0.144. The van der Waals surface area contributed by atoms with Crippen LogP contribution in [-0.4, -0.2) is 23.7 Å². The molecule has 4 heteroatoms. The van der Waals surface area contributed by atoms with Crippen LogP contribution >= 0.6 is 0 Å². The maximum absolute atomic E-state index is 10.9. The summed E-state index contributed by atoms with van der Waals surface area (Å²) in [5.74, 6) is -0.787. The van der Waals surface area contributed by atoms with E-state index < -0.39 is 5.97 Å². The van der Waals surface area contributed by atoms with Gasteiger partial charge in [-0.2, -0.15) is 0 Å². The third-order valence-corrected chi connectivity index (χ3v) is 3.96. The standard InChI is InChI=1S/2C10H20O2/c1-3-5-6-7-8-9(4-2)10(11)12;1-3-5-6-7-9-12-10(11)8-4-2/h9H,3-8H2,1-2H3,(H,11,12);3-9H2,1-2H3. The zero-order valence-corrected chi connectivity index (χ0v) is 16.4. The summed E-state index contributed by atoms with van der Waals surface area (Å²) in [6.45, 7) is 8.87. The van der Waals surface area contributed by atoms with Crippen molar-refractivity contribution in [1.82, 2.24) is 0 Å². The number of esters is 1. The number of hydrogen-bond acceptors (Lipinski definition) is 3. The Balaban J connectivity index is 0. The highest BCUT2D eigenvalue weighted by Crippen LogP contribution is 2.14. The molecule has 0 bridgehead atoms. The van der Waals surface area contributed by atoms with E-state index in [-0.39, 0.29) is 11.9 Å². The van der Waals surface area contributed by atoms with Crippen molar-refractivity contribution in [2.75, 3.05) is 6.61 Å². The van der Waals surface area contributed by atoms with Crippen LogP contribution < -0.4 is 0 Å². The van der Waals surface area contributed by atoms with Crippen molar-refractivity contribution in [2.45, 2.75) is 105 Å². The Morgan fingerprint density at radius 2 is 1.42 bits per heavy atom. The molecule has 0 aromatic carbocycles.